The van der Waals surface area contributed by atoms with Crippen molar-refractivity contribution in [2.45, 2.75) is 26.2 Å². The van der Waals surface area contributed by atoms with Crippen molar-refractivity contribution in [1.82, 2.24) is 14.1 Å². The first-order valence-corrected chi connectivity index (χ1v) is 27.7. The van der Waals surface area contributed by atoms with E-state index in [1.165, 1.54) is 10.9 Å². The molecule has 0 saturated carbocycles. The van der Waals surface area contributed by atoms with Crippen molar-refractivity contribution in [1.29, 1.82) is 0 Å². The van der Waals surface area contributed by atoms with E-state index in [4.69, 9.17) is 9.72 Å². The SMILES string of the molecule is CC(C)(C)c1ccnc(-n2c3ccccc3c3ccc(Oc4cccc(-n5c[n+](-c6c(-c7cc(-c8ccccc8)cc(-c8ccccc8)c7)cccc6-c6cc(-c7ccccc7)cc(-c7ccccc7)c6)c6ccccc65)c4)cc32)c1.[Cl-]. The van der Waals surface area contributed by atoms with Crippen LogP contribution in [0.2, 0.25) is 0 Å². The molecule has 0 aliphatic heterocycles. The summed E-state index contributed by atoms with van der Waals surface area (Å²) in [6.07, 6.45) is 4.18. The van der Waals surface area contributed by atoms with Gasteiger partial charge in [0.05, 0.1) is 11.0 Å². The third-order valence-electron chi connectivity index (χ3n) is 15.6. The Morgan fingerprint density at radius 1 is 0.378 bits per heavy atom. The molecule has 0 bridgehead atoms. The molecule has 0 atom stereocenters. The van der Waals surface area contributed by atoms with E-state index in [2.05, 4.69) is 314 Å². The molecule has 0 N–H and O–H groups in total. The Labute approximate surface area is 484 Å². The second kappa shape index (κ2) is 21.5. The van der Waals surface area contributed by atoms with E-state index < -0.39 is 0 Å². The first-order chi connectivity index (χ1) is 39.8. The lowest BCUT2D eigenvalue weighted by Crippen LogP contribution is -3.00. The summed E-state index contributed by atoms with van der Waals surface area (Å²) in [7, 11) is 0. The van der Waals surface area contributed by atoms with Crippen molar-refractivity contribution in [2.75, 3.05) is 0 Å². The highest BCUT2D eigenvalue weighted by atomic mass is 35.5. The molecule has 0 unspecified atom stereocenters. The number of pyridine rings is 1. The minimum Gasteiger partial charge on any atom is -1.00 e. The lowest BCUT2D eigenvalue weighted by Gasteiger charge is -2.20. The summed E-state index contributed by atoms with van der Waals surface area (Å²) >= 11 is 0. The number of ether oxygens (including phenoxy) is 1. The zero-order chi connectivity index (χ0) is 54.4. The molecular formula is C76H57ClN4O. The molecule has 3 aromatic heterocycles. The van der Waals surface area contributed by atoms with Gasteiger partial charge in [-0.3, -0.25) is 4.57 Å². The van der Waals surface area contributed by atoms with E-state index in [1.807, 2.05) is 12.3 Å². The van der Waals surface area contributed by atoms with E-state index in [9.17, 15) is 0 Å². The molecular weight excluding hydrogens is 1020 g/mol. The molecule has 394 valence electrons. The highest BCUT2D eigenvalue weighted by Gasteiger charge is 2.27. The highest BCUT2D eigenvalue weighted by Crippen LogP contribution is 2.42. The van der Waals surface area contributed by atoms with E-state index >= 15 is 0 Å². The van der Waals surface area contributed by atoms with E-state index in [0.29, 0.717) is 0 Å². The summed E-state index contributed by atoms with van der Waals surface area (Å²) in [5.74, 6) is 2.35. The summed E-state index contributed by atoms with van der Waals surface area (Å²) in [6, 6.07) is 100. The average molecular weight is 1080 g/mol. The van der Waals surface area contributed by atoms with Crippen LogP contribution in [-0.2, 0) is 5.41 Å². The number of halogens is 1. The zero-order valence-electron chi connectivity index (χ0n) is 45.8. The lowest BCUT2D eigenvalue weighted by atomic mass is 9.88. The first-order valence-electron chi connectivity index (χ1n) is 27.7. The van der Waals surface area contributed by atoms with Gasteiger partial charge in [0.1, 0.15) is 28.7 Å². The number of para-hydroxylation sites is 4. The van der Waals surface area contributed by atoms with Gasteiger partial charge in [0.2, 0.25) is 0 Å². The monoisotopic (exact) mass is 1080 g/mol. The fraction of sp³-hybridized carbons (Fsp3) is 0.0526. The van der Waals surface area contributed by atoms with Crippen LogP contribution in [0.4, 0.5) is 0 Å². The third kappa shape index (κ3) is 9.72. The van der Waals surface area contributed by atoms with Crippen molar-refractivity contribution in [2.24, 2.45) is 0 Å². The second-order valence-corrected chi connectivity index (χ2v) is 21.9. The van der Waals surface area contributed by atoms with Crippen molar-refractivity contribution < 1.29 is 21.7 Å². The molecule has 0 radical (unpaired) electrons. The Bertz CT molecular complexity index is 4380. The quantitative estimate of drug-likeness (QED) is 0.121. The van der Waals surface area contributed by atoms with Crippen LogP contribution in [0, 0.1) is 0 Å². The number of rotatable bonds is 11. The summed E-state index contributed by atoms with van der Waals surface area (Å²) in [5.41, 5.74) is 21.2. The molecule has 6 heteroatoms. The molecule has 0 spiro atoms. The molecule has 11 aromatic carbocycles. The highest BCUT2D eigenvalue weighted by molar-refractivity contribution is 6.09. The number of benzene rings is 11. The number of aromatic nitrogens is 4. The van der Waals surface area contributed by atoms with Gasteiger partial charge >= 0.3 is 0 Å². The molecule has 82 heavy (non-hydrogen) atoms. The molecule has 14 aromatic rings. The van der Waals surface area contributed by atoms with Gasteiger partial charge in [-0.2, -0.15) is 9.13 Å². The van der Waals surface area contributed by atoms with Gasteiger partial charge in [-0.25, -0.2) is 4.98 Å². The van der Waals surface area contributed by atoms with Gasteiger partial charge in [0.15, 0.2) is 11.0 Å². The predicted octanol–water partition coefficient (Wildman–Crippen LogP) is 16.5. The topological polar surface area (TPSA) is 35.9 Å². The average Bonchev–Trinajstić information content (AvgIpc) is 4.23. The normalized spacial score (nSPS) is 11.5. The Morgan fingerprint density at radius 3 is 1.41 bits per heavy atom. The van der Waals surface area contributed by atoms with Crippen LogP contribution < -0.4 is 21.7 Å². The maximum absolute atomic E-state index is 6.91. The Morgan fingerprint density at radius 2 is 0.854 bits per heavy atom. The Hall–Kier alpha value is -10.1. The van der Waals surface area contributed by atoms with Gasteiger partial charge < -0.3 is 17.1 Å². The smallest absolute Gasteiger partial charge is 0.255 e. The largest absolute Gasteiger partial charge is 1.00 e. The first kappa shape index (κ1) is 51.4. The number of fused-ring (bicyclic) bond motifs is 4. The van der Waals surface area contributed by atoms with E-state index in [1.54, 1.807) is 0 Å². The van der Waals surface area contributed by atoms with E-state index in [0.717, 1.165) is 123 Å². The van der Waals surface area contributed by atoms with Crippen LogP contribution >= 0.6 is 0 Å². The molecule has 0 aliphatic rings. The van der Waals surface area contributed by atoms with Crippen LogP contribution in [0.3, 0.4) is 0 Å². The number of nitrogens with zero attached hydrogens (tertiary/aromatic N) is 4. The fourth-order valence-corrected chi connectivity index (χ4v) is 11.6. The Balaban J connectivity index is 0.00000631. The fourth-order valence-electron chi connectivity index (χ4n) is 11.6. The standard InChI is InChI=1S/C76H57N4O.ClH/c1-76(2,3)62-40-41-77-74(48-62)80-70-35-17-16-32-68(70)69-39-38-65(50-73(69)80)81-64-31-20-30-63(49-64)78-51-79(72-37-19-18-36-71(72)78)75-66(60-44-56(52-22-8-4-9-23-52)42-57(45-60)53-24-10-5-11-25-53)33-21-34-67(75)61-46-58(54-26-12-6-13-27-54)43-59(47-61)55-28-14-7-15-29-55;/h4-51H,1-3H3;1H/q+1;/p-1. The number of hydrogen-bond acceptors (Lipinski definition) is 2. The molecule has 0 aliphatic carbocycles. The van der Waals surface area contributed by atoms with Gasteiger partial charge in [-0.05, 0) is 158 Å². The summed E-state index contributed by atoms with van der Waals surface area (Å²) < 4.78 is 13.9. The van der Waals surface area contributed by atoms with Gasteiger partial charge in [0, 0.05) is 40.2 Å². The molecule has 0 fully saturated rings. The van der Waals surface area contributed by atoms with Crippen LogP contribution in [0.1, 0.15) is 26.3 Å². The predicted molar refractivity (Wildman–Crippen MR) is 335 cm³/mol. The van der Waals surface area contributed by atoms with Crippen LogP contribution in [0.5, 0.6) is 11.5 Å². The van der Waals surface area contributed by atoms with E-state index in [-0.39, 0.29) is 17.8 Å². The van der Waals surface area contributed by atoms with Gasteiger partial charge in [0.25, 0.3) is 6.33 Å². The maximum Gasteiger partial charge on any atom is 0.255 e. The zero-order valence-corrected chi connectivity index (χ0v) is 46.5. The van der Waals surface area contributed by atoms with Crippen LogP contribution in [-0.4, -0.2) is 14.1 Å². The summed E-state index contributed by atoms with van der Waals surface area (Å²) in [6.45, 7) is 6.72. The molecule has 14 rings (SSSR count). The van der Waals surface area contributed by atoms with Gasteiger partial charge in [-0.1, -0.05) is 197 Å². The second-order valence-electron chi connectivity index (χ2n) is 21.9. The molecule has 0 saturated heterocycles. The molecule has 0 amide bonds. The van der Waals surface area contributed by atoms with Crippen molar-refractivity contribution in [3.05, 3.63) is 297 Å². The minimum absolute atomic E-state index is 0. The summed E-state index contributed by atoms with van der Waals surface area (Å²) in [5, 5.41) is 2.31. The van der Waals surface area contributed by atoms with Gasteiger partial charge in [-0.15, -0.1) is 0 Å². The van der Waals surface area contributed by atoms with Crippen molar-refractivity contribution in [3.63, 3.8) is 0 Å². The van der Waals surface area contributed by atoms with Crippen molar-refractivity contribution in [3.8, 4) is 95.5 Å². The van der Waals surface area contributed by atoms with Crippen LogP contribution in [0.25, 0.3) is 117 Å². The molecule has 5 nitrogen and oxygen atoms in total. The number of imidazole rings is 1. The minimum atomic E-state index is -0.0338. The summed E-state index contributed by atoms with van der Waals surface area (Å²) in [4.78, 5) is 4.93. The van der Waals surface area contributed by atoms with Crippen LogP contribution in [0.15, 0.2) is 292 Å². The Kier molecular flexibility index (Phi) is 13.5. The molecule has 3 heterocycles. The third-order valence-corrected chi connectivity index (χ3v) is 15.6. The number of hydrogen-bond donors (Lipinski definition) is 0. The maximum atomic E-state index is 6.91. The van der Waals surface area contributed by atoms with Crippen molar-refractivity contribution >= 4 is 32.8 Å². The lowest BCUT2D eigenvalue weighted by molar-refractivity contribution is -0.566.